The summed E-state index contributed by atoms with van der Waals surface area (Å²) in [4.78, 5) is 0.971. The number of hydrogen-bond donors (Lipinski definition) is 2. The molecule has 20 heavy (non-hydrogen) atoms. The third-order valence-corrected chi connectivity index (χ3v) is 6.68. The summed E-state index contributed by atoms with van der Waals surface area (Å²) in [7, 11) is -3.66. The van der Waals surface area contributed by atoms with Crippen molar-refractivity contribution in [3.05, 3.63) is 43.5 Å². The zero-order valence-electron chi connectivity index (χ0n) is 10.5. The van der Waals surface area contributed by atoms with Crippen LogP contribution in [0.15, 0.2) is 32.9 Å². The molecule has 0 saturated heterocycles. The molecule has 0 spiro atoms. The molecule has 0 radical (unpaired) electrons. The minimum absolute atomic E-state index is 0.180. The number of thiophene rings is 1. The van der Waals surface area contributed by atoms with Crippen LogP contribution in [0.3, 0.4) is 0 Å². The van der Waals surface area contributed by atoms with Gasteiger partial charge >= 0.3 is 0 Å². The maximum absolute atomic E-state index is 12.3. The predicted molar refractivity (Wildman–Crippen MR) is 86.9 cm³/mol. The van der Waals surface area contributed by atoms with Crippen molar-refractivity contribution in [1.82, 2.24) is 0 Å². The molecule has 0 aliphatic heterocycles. The Kier molecular flexibility index (Phi) is 4.76. The molecule has 0 aliphatic carbocycles. The summed E-state index contributed by atoms with van der Waals surface area (Å²) in [6.45, 7) is 2.15. The molecule has 4 nitrogen and oxygen atoms in total. The van der Waals surface area contributed by atoms with E-state index in [0.29, 0.717) is 21.0 Å². The van der Waals surface area contributed by atoms with Crippen molar-refractivity contribution in [2.75, 3.05) is 4.72 Å². The molecule has 0 saturated carbocycles. The number of anilines is 1. The van der Waals surface area contributed by atoms with Crippen LogP contribution in [-0.2, 0) is 16.6 Å². The smallest absolute Gasteiger partial charge is 0.263 e. The first-order valence-electron chi connectivity index (χ1n) is 5.60. The minimum atomic E-state index is -3.66. The number of benzene rings is 1. The molecule has 0 aliphatic rings. The quantitative estimate of drug-likeness (QED) is 0.828. The van der Waals surface area contributed by atoms with Gasteiger partial charge in [-0.2, -0.15) is 0 Å². The minimum Gasteiger partial charge on any atom is -0.326 e. The van der Waals surface area contributed by atoms with Gasteiger partial charge in [0, 0.05) is 16.4 Å². The van der Waals surface area contributed by atoms with Crippen molar-refractivity contribution in [2.45, 2.75) is 18.4 Å². The Balaban J connectivity index is 2.35. The van der Waals surface area contributed by atoms with E-state index in [1.54, 1.807) is 24.3 Å². The Hall–Kier alpha value is -0.600. The van der Waals surface area contributed by atoms with Crippen molar-refractivity contribution in [3.63, 3.8) is 0 Å². The Labute approximate surface area is 135 Å². The average Bonchev–Trinajstić information content (AvgIpc) is 2.76. The summed E-state index contributed by atoms with van der Waals surface area (Å²) in [5, 5.41) is 0.511. The number of rotatable bonds is 4. The molecule has 108 valence electrons. The normalized spacial score (nSPS) is 11.6. The van der Waals surface area contributed by atoms with E-state index in [-0.39, 0.29) is 4.90 Å². The number of aryl methyl sites for hydroxylation is 1. The van der Waals surface area contributed by atoms with Gasteiger partial charge in [0.05, 0.1) is 9.47 Å². The van der Waals surface area contributed by atoms with E-state index in [9.17, 15) is 8.42 Å². The molecular weight excluding hydrogens is 384 g/mol. The van der Waals surface area contributed by atoms with E-state index in [0.717, 1.165) is 10.4 Å². The van der Waals surface area contributed by atoms with Gasteiger partial charge in [0.2, 0.25) is 0 Å². The third-order valence-electron chi connectivity index (χ3n) is 2.62. The topological polar surface area (TPSA) is 72.2 Å². The van der Waals surface area contributed by atoms with Crippen LogP contribution in [0.25, 0.3) is 0 Å². The molecule has 2 aromatic rings. The standard InChI is InChI=1S/C12H12BrClN2O2S2/c1-7-2-3-8(4-10(7)14)16-20(17,18)11-5-9(6-15)19-12(11)13/h2-5,16H,6,15H2,1H3. The zero-order chi connectivity index (χ0) is 14.9. The van der Waals surface area contributed by atoms with Gasteiger partial charge in [-0.15, -0.1) is 11.3 Å². The molecule has 0 unspecified atom stereocenters. The number of halogens is 2. The van der Waals surface area contributed by atoms with Gasteiger partial charge in [0.25, 0.3) is 10.0 Å². The van der Waals surface area contributed by atoms with Crippen LogP contribution in [0.2, 0.25) is 5.02 Å². The van der Waals surface area contributed by atoms with E-state index in [2.05, 4.69) is 20.7 Å². The molecule has 0 bridgehead atoms. The van der Waals surface area contributed by atoms with Crippen LogP contribution in [0, 0.1) is 6.92 Å². The number of sulfonamides is 1. The second-order valence-corrected chi connectivity index (χ2v) is 8.64. The Morgan fingerprint density at radius 2 is 2.10 bits per heavy atom. The highest BCUT2D eigenvalue weighted by atomic mass is 79.9. The molecule has 0 fully saturated rings. The van der Waals surface area contributed by atoms with Gasteiger partial charge in [0.15, 0.2) is 0 Å². The molecule has 3 N–H and O–H groups in total. The zero-order valence-corrected chi connectivity index (χ0v) is 14.5. The average molecular weight is 396 g/mol. The lowest BCUT2D eigenvalue weighted by Crippen LogP contribution is -2.12. The van der Waals surface area contributed by atoms with Crippen molar-refractivity contribution < 1.29 is 8.42 Å². The number of nitrogens with one attached hydrogen (secondary N) is 1. The Morgan fingerprint density at radius 1 is 1.40 bits per heavy atom. The fraction of sp³-hybridized carbons (Fsp3) is 0.167. The van der Waals surface area contributed by atoms with E-state index in [1.807, 2.05) is 6.92 Å². The first kappa shape index (κ1) is 15.8. The first-order valence-corrected chi connectivity index (χ1v) is 9.08. The molecule has 1 aromatic carbocycles. The van der Waals surface area contributed by atoms with E-state index >= 15 is 0 Å². The molecule has 2 rings (SSSR count). The fourth-order valence-electron chi connectivity index (χ4n) is 1.55. The molecule has 0 atom stereocenters. The summed E-state index contributed by atoms with van der Waals surface area (Å²) in [5.74, 6) is 0. The molecule has 1 heterocycles. The maximum Gasteiger partial charge on any atom is 0.263 e. The second kappa shape index (κ2) is 6.03. The Morgan fingerprint density at radius 3 is 2.65 bits per heavy atom. The largest absolute Gasteiger partial charge is 0.326 e. The van der Waals surface area contributed by atoms with Gasteiger partial charge < -0.3 is 5.73 Å². The molecule has 1 aromatic heterocycles. The lowest BCUT2D eigenvalue weighted by Gasteiger charge is -2.08. The number of hydrogen-bond acceptors (Lipinski definition) is 4. The highest BCUT2D eigenvalue weighted by Gasteiger charge is 2.21. The second-order valence-electron chi connectivity index (χ2n) is 4.12. The fourth-order valence-corrected chi connectivity index (χ4v) is 5.34. The summed E-state index contributed by atoms with van der Waals surface area (Å²) in [5.41, 5.74) is 6.83. The van der Waals surface area contributed by atoms with Gasteiger partial charge in [-0.3, -0.25) is 4.72 Å². The van der Waals surface area contributed by atoms with Crippen LogP contribution >= 0.6 is 38.9 Å². The van der Waals surface area contributed by atoms with Gasteiger partial charge in [0.1, 0.15) is 4.90 Å². The Bertz CT molecular complexity index is 744. The first-order chi connectivity index (χ1) is 9.33. The SMILES string of the molecule is Cc1ccc(NS(=O)(=O)c2cc(CN)sc2Br)cc1Cl. The lowest BCUT2D eigenvalue weighted by atomic mass is 10.2. The van der Waals surface area contributed by atoms with Gasteiger partial charge in [-0.25, -0.2) is 8.42 Å². The van der Waals surface area contributed by atoms with Crippen LogP contribution in [0.4, 0.5) is 5.69 Å². The summed E-state index contributed by atoms with van der Waals surface area (Å²) >= 11 is 10.5. The highest BCUT2D eigenvalue weighted by Crippen LogP contribution is 2.33. The van der Waals surface area contributed by atoms with Gasteiger partial charge in [-0.05, 0) is 46.6 Å². The van der Waals surface area contributed by atoms with Crippen molar-refractivity contribution in [3.8, 4) is 0 Å². The van der Waals surface area contributed by atoms with Crippen molar-refractivity contribution in [1.29, 1.82) is 0 Å². The number of nitrogens with two attached hydrogens (primary N) is 1. The van der Waals surface area contributed by atoms with Crippen molar-refractivity contribution in [2.24, 2.45) is 5.73 Å². The van der Waals surface area contributed by atoms with Crippen molar-refractivity contribution >= 4 is 54.6 Å². The molecule has 8 heteroatoms. The molecule has 0 amide bonds. The van der Waals surface area contributed by atoms with E-state index in [1.165, 1.54) is 11.3 Å². The summed E-state index contributed by atoms with van der Waals surface area (Å²) in [6, 6.07) is 6.57. The molecular formula is C12H12BrClN2O2S2. The maximum atomic E-state index is 12.3. The predicted octanol–water partition coefficient (Wildman–Crippen LogP) is 3.73. The summed E-state index contributed by atoms with van der Waals surface area (Å²) < 4.78 is 27.7. The lowest BCUT2D eigenvalue weighted by molar-refractivity contribution is 0.601. The third kappa shape index (κ3) is 3.35. The summed E-state index contributed by atoms with van der Waals surface area (Å²) in [6.07, 6.45) is 0. The van der Waals surface area contributed by atoms with Crippen LogP contribution in [-0.4, -0.2) is 8.42 Å². The highest BCUT2D eigenvalue weighted by molar-refractivity contribution is 9.11. The van der Waals surface area contributed by atoms with Gasteiger partial charge in [-0.1, -0.05) is 17.7 Å². The van der Waals surface area contributed by atoms with Crippen LogP contribution in [0.5, 0.6) is 0 Å². The van der Waals surface area contributed by atoms with Crippen LogP contribution in [0.1, 0.15) is 10.4 Å². The van der Waals surface area contributed by atoms with E-state index < -0.39 is 10.0 Å². The van der Waals surface area contributed by atoms with Crippen LogP contribution < -0.4 is 10.5 Å². The van der Waals surface area contributed by atoms with E-state index in [4.69, 9.17) is 17.3 Å². The monoisotopic (exact) mass is 394 g/mol.